The van der Waals surface area contributed by atoms with Crippen molar-refractivity contribution >= 4 is 22.7 Å². The highest BCUT2D eigenvalue weighted by Gasteiger charge is 2.46. The Balaban J connectivity index is 1.73. The molecular weight excluding hydrogens is 482 g/mol. The van der Waals surface area contributed by atoms with Crippen molar-refractivity contribution in [3.05, 3.63) is 95.6 Å². The fourth-order valence-corrected chi connectivity index (χ4v) is 5.99. The number of hydrogen-bond acceptors (Lipinski definition) is 2. The molecule has 2 atom stereocenters. The van der Waals surface area contributed by atoms with Crippen LogP contribution in [0, 0.1) is 11.8 Å². The maximum absolute atomic E-state index is 14.2. The molecule has 0 radical (unpaired) electrons. The summed E-state index contributed by atoms with van der Waals surface area (Å²) in [5, 5.41) is 4.27. The zero-order valence-electron chi connectivity index (χ0n) is 23.6. The summed E-state index contributed by atoms with van der Waals surface area (Å²) in [6, 6.07) is 25.6. The fourth-order valence-electron chi connectivity index (χ4n) is 5.99. The molecule has 1 aliphatic heterocycles. The van der Waals surface area contributed by atoms with Gasteiger partial charge >= 0.3 is 0 Å². The number of hydrogen-bond donors (Lipinski definition) is 1. The monoisotopic (exact) mass is 521 g/mol. The van der Waals surface area contributed by atoms with Crippen molar-refractivity contribution in [2.24, 2.45) is 18.9 Å². The van der Waals surface area contributed by atoms with E-state index in [1.54, 1.807) is 0 Å². The van der Waals surface area contributed by atoms with Crippen LogP contribution >= 0.6 is 0 Å². The van der Waals surface area contributed by atoms with Crippen LogP contribution in [0.3, 0.4) is 0 Å². The van der Waals surface area contributed by atoms with Crippen molar-refractivity contribution in [2.75, 3.05) is 6.54 Å². The molecule has 4 aromatic rings. The summed E-state index contributed by atoms with van der Waals surface area (Å²) in [5.74, 6) is 0.580. The minimum absolute atomic E-state index is 0.0722. The number of benzene rings is 3. The van der Waals surface area contributed by atoms with Gasteiger partial charge < -0.3 is 14.8 Å². The maximum Gasteiger partial charge on any atom is 0.255 e. The average molecular weight is 522 g/mol. The normalized spacial score (nSPS) is 15.8. The number of nitrogens with one attached hydrogen (secondary N) is 1. The van der Waals surface area contributed by atoms with Crippen molar-refractivity contribution < 1.29 is 9.59 Å². The molecule has 5 rings (SSSR count). The zero-order valence-corrected chi connectivity index (χ0v) is 23.6. The zero-order chi connectivity index (χ0) is 27.7. The number of aromatic nitrogens is 1. The molecular formula is C34H39N3O2. The van der Waals surface area contributed by atoms with Gasteiger partial charge in [-0.25, -0.2) is 0 Å². The molecule has 2 heterocycles. The third kappa shape index (κ3) is 4.98. The highest BCUT2D eigenvalue weighted by Crippen LogP contribution is 2.47. The maximum atomic E-state index is 14.2. The Morgan fingerprint density at radius 1 is 0.872 bits per heavy atom. The lowest BCUT2D eigenvalue weighted by molar-refractivity contribution is -0.126. The molecule has 1 aliphatic rings. The quantitative estimate of drug-likeness (QED) is 0.259. The van der Waals surface area contributed by atoms with E-state index in [4.69, 9.17) is 0 Å². The smallest absolute Gasteiger partial charge is 0.255 e. The lowest BCUT2D eigenvalue weighted by atomic mass is 9.91. The van der Waals surface area contributed by atoms with Crippen molar-refractivity contribution in [1.82, 2.24) is 14.8 Å². The number of nitrogens with zero attached hydrogens (tertiary/aromatic N) is 2. The summed E-state index contributed by atoms with van der Waals surface area (Å²) in [5.41, 5.74) is 5.97. The van der Waals surface area contributed by atoms with Crippen LogP contribution in [0.5, 0.6) is 0 Å². The largest absolute Gasteiger partial charge is 0.354 e. The lowest BCUT2D eigenvalue weighted by Gasteiger charge is -2.34. The van der Waals surface area contributed by atoms with Crippen molar-refractivity contribution in [2.45, 2.75) is 52.6 Å². The third-order valence-corrected chi connectivity index (χ3v) is 7.82. The first-order chi connectivity index (χ1) is 18.8. The molecule has 2 unspecified atom stereocenters. The summed E-state index contributed by atoms with van der Waals surface area (Å²) >= 11 is 0. The van der Waals surface area contributed by atoms with Crippen LogP contribution in [0.15, 0.2) is 78.9 Å². The van der Waals surface area contributed by atoms with E-state index < -0.39 is 6.04 Å². The summed E-state index contributed by atoms with van der Waals surface area (Å²) in [6.45, 7) is 9.14. The molecule has 5 heteroatoms. The van der Waals surface area contributed by atoms with E-state index in [2.05, 4.69) is 87.1 Å². The first-order valence-corrected chi connectivity index (χ1v) is 14.1. The van der Waals surface area contributed by atoms with Gasteiger partial charge in [0.2, 0.25) is 5.91 Å². The Morgan fingerprint density at radius 3 is 2.26 bits per heavy atom. The molecule has 0 bridgehead atoms. The summed E-state index contributed by atoms with van der Waals surface area (Å²) in [6.07, 6.45) is 1.49. The predicted octanol–water partition coefficient (Wildman–Crippen LogP) is 6.97. The van der Waals surface area contributed by atoms with Crippen LogP contribution in [0.1, 0.15) is 68.1 Å². The Labute approximate surface area is 231 Å². The number of aryl methyl sites for hydroxylation is 1. The minimum Gasteiger partial charge on any atom is -0.354 e. The fraction of sp³-hybridized carbons (Fsp3) is 0.353. The van der Waals surface area contributed by atoms with Crippen LogP contribution in [0.2, 0.25) is 0 Å². The number of rotatable bonds is 9. The lowest BCUT2D eigenvalue weighted by Crippen LogP contribution is -2.49. The average Bonchev–Trinajstić information content (AvgIpc) is 3.38. The number of carbonyl (C=O) groups excluding carboxylic acids is 2. The summed E-state index contributed by atoms with van der Waals surface area (Å²) < 4.78 is 2.23. The summed E-state index contributed by atoms with van der Waals surface area (Å²) in [4.78, 5) is 29.9. The van der Waals surface area contributed by atoms with Gasteiger partial charge in [0.05, 0.1) is 11.7 Å². The van der Waals surface area contributed by atoms with Gasteiger partial charge in [0.25, 0.3) is 5.91 Å². The van der Waals surface area contributed by atoms with Crippen LogP contribution in [0.25, 0.3) is 22.2 Å². The Morgan fingerprint density at radius 2 is 1.54 bits per heavy atom. The molecule has 0 saturated carbocycles. The molecule has 39 heavy (non-hydrogen) atoms. The number of carbonyl (C=O) groups is 2. The van der Waals surface area contributed by atoms with Crippen LogP contribution in [-0.2, 0) is 11.8 Å². The van der Waals surface area contributed by atoms with E-state index >= 15 is 0 Å². The van der Waals surface area contributed by atoms with Gasteiger partial charge in [-0.15, -0.1) is 0 Å². The van der Waals surface area contributed by atoms with Gasteiger partial charge in [-0.1, -0.05) is 94.4 Å². The van der Waals surface area contributed by atoms with E-state index in [0.29, 0.717) is 24.4 Å². The first kappa shape index (κ1) is 26.7. The number of fused-ring (bicyclic) bond motifs is 2. The van der Waals surface area contributed by atoms with Gasteiger partial charge in [0.1, 0.15) is 6.04 Å². The Hall–Kier alpha value is -3.86. The van der Waals surface area contributed by atoms with Crippen LogP contribution in [-0.4, -0.2) is 33.9 Å². The molecule has 202 valence electrons. The van der Waals surface area contributed by atoms with E-state index in [9.17, 15) is 9.59 Å². The summed E-state index contributed by atoms with van der Waals surface area (Å²) in [7, 11) is 2.09. The van der Waals surface area contributed by atoms with Gasteiger partial charge in [-0.05, 0) is 47.9 Å². The van der Waals surface area contributed by atoms with Gasteiger partial charge in [-0.2, -0.15) is 0 Å². The van der Waals surface area contributed by atoms with Crippen molar-refractivity contribution in [1.29, 1.82) is 0 Å². The predicted molar refractivity (Wildman–Crippen MR) is 159 cm³/mol. The second kappa shape index (κ2) is 11.1. The SMILES string of the molecule is CC(C)CCNC(=O)C(CC(C)C)N1C(=O)c2ccccc2C1c1c(-c2ccccc2)n(C)c2ccccc12. The molecule has 1 N–H and O–H groups in total. The van der Waals surface area contributed by atoms with Crippen LogP contribution < -0.4 is 5.32 Å². The molecule has 2 amide bonds. The van der Waals surface area contributed by atoms with E-state index in [0.717, 1.165) is 39.7 Å². The van der Waals surface area contributed by atoms with Crippen LogP contribution in [0.4, 0.5) is 0 Å². The minimum atomic E-state index is -0.579. The standard InChI is InChI=1S/C34H39N3O2/c1-22(2)19-20-35-33(38)29(21-23(3)4)37-32(25-15-9-10-16-26(25)34(37)39)30-27-17-11-12-18-28(27)36(5)31(30)24-13-7-6-8-14-24/h6-18,22-23,29,32H,19-21H2,1-5H3,(H,35,38). The van der Waals surface area contributed by atoms with Crippen molar-refractivity contribution in [3.8, 4) is 11.3 Å². The topological polar surface area (TPSA) is 54.3 Å². The Bertz CT molecular complexity index is 1490. The molecule has 0 spiro atoms. The highest BCUT2D eigenvalue weighted by molar-refractivity contribution is 6.04. The molecule has 1 aromatic heterocycles. The van der Waals surface area contributed by atoms with E-state index in [1.165, 1.54) is 0 Å². The molecule has 0 fully saturated rings. The number of para-hydroxylation sites is 1. The van der Waals surface area contributed by atoms with Gasteiger partial charge in [0.15, 0.2) is 0 Å². The second-order valence-electron chi connectivity index (χ2n) is 11.5. The van der Waals surface area contributed by atoms with Crippen molar-refractivity contribution in [3.63, 3.8) is 0 Å². The first-order valence-electron chi connectivity index (χ1n) is 14.1. The Kier molecular flexibility index (Phi) is 7.60. The molecule has 5 nitrogen and oxygen atoms in total. The molecule has 0 saturated heterocycles. The molecule has 0 aliphatic carbocycles. The highest BCUT2D eigenvalue weighted by atomic mass is 16.2. The number of amides is 2. The van der Waals surface area contributed by atoms with E-state index in [-0.39, 0.29) is 23.8 Å². The molecule has 3 aromatic carbocycles. The third-order valence-electron chi connectivity index (χ3n) is 7.82. The van der Waals surface area contributed by atoms with E-state index in [1.807, 2.05) is 41.3 Å². The van der Waals surface area contributed by atoms with Gasteiger partial charge in [-0.3, -0.25) is 9.59 Å². The second-order valence-corrected chi connectivity index (χ2v) is 11.5. The van der Waals surface area contributed by atoms with Gasteiger partial charge in [0, 0.05) is 35.6 Å².